The minimum absolute atomic E-state index is 0.0227. The Balaban J connectivity index is 1.91. The second-order valence-electron chi connectivity index (χ2n) is 11.3. The van der Waals surface area contributed by atoms with Gasteiger partial charge < -0.3 is 10.2 Å². The maximum Gasteiger partial charge on any atom is 0.307 e. The van der Waals surface area contributed by atoms with E-state index in [2.05, 4.69) is 82.9 Å². The van der Waals surface area contributed by atoms with Gasteiger partial charge in [0.15, 0.2) is 0 Å². The minimum Gasteiger partial charge on any atom is -0.481 e. The van der Waals surface area contributed by atoms with Crippen LogP contribution in [0.1, 0.15) is 86.8 Å². The van der Waals surface area contributed by atoms with E-state index in [0.29, 0.717) is 5.56 Å². The fourth-order valence-electron chi connectivity index (χ4n) is 5.54. The molecule has 2 N–H and O–H groups in total. The Morgan fingerprint density at radius 1 is 0.919 bits per heavy atom. The summed E-state index contributed by atoms with van der Waals surface area (Å²) in [7, 11) is 0. The fourth-order valence-corrected chi connectivity index (χ4v) is 5.54. The van der Waals surface area contributed by atoms with Crippen molar-refractivity contribution in [3.8, 4) is 11.1 Å². The number of hydrogen-bond acceptors (Lipinski definition) is 3. The number of nitrogens with zero attached hydrogens (tertiary/aromatic N) is 1. The first kappa shape index (κ1) is 28.6. The molecule has 1 aromatic heterocycles. The van der Waals surface area contributed by atoms with Gasteiger partial charge in [0.2, 0.25) is 0 Å². The number of carbonyl (C=O) groups is 1. The van der Waals surface area contributed by atoms with Crippen molar-refractivity contribution in [1.82, 2.24) is 4.98 Å². The molecule has 0 unspecified atom stereocenters. The Labute approximate surface area is 222 Å². The van der Waals surface area contributed by atoms with Crippen LogP contribution in [0.5, 0.6) is 0 Å². The van der Waals surface area contributed by atoms with Crippen molar-refractivity contribution >= 4 is 5.97 Å². The normalized spacial score (nSPS) is 12.1. The van der Waals surface area contributed by atoms with Crippen LogP contribution < -0.4 is 0 Å². The summed E-state index contributed by atoms with van der Waals surface area (Å²) in [6, 6.07) is 15.6. The highest BCUT2D eigenvalue weighted by Gasteiger charge is 2.31. The topological polar surface area (TPSA) is 70.4 Å². The molecule has 0 aliphatic carbocycles. The van der Waals surface area contributed by atoms with E-state index in [1.807, 2.05) is 12.3 Å². The smallest absolute Gasteiger partial charge is 0.307 e. The summed E-state index contributed by atoms with van der Waals surface area (Å²) in [5.41, 5.74) is 9.20. The predicted octanol–water partition coefficient (Wildman–Crippen LogP) is 7.44. The number of carboxylic acid groups (broad SMARTS) is 1. The molecule has 198 valence electrons. The highest BCUT2D eigenvalue weighted by molar-refractivity contribution is 5.72. The SMILES string of the molecule is CCC(CC)(c1ccc(CCCC(C)(C)CO)c(C)c1)c1ccc(-c2cncc(CC(=O)O)c2)c(C)c1. The summed E-state index contributed by atoms with van der Waals surface area (Å²) in [5, 5.41) is 18.7. The Bertz CT molecular complexity index is 1220. The van der Waals surface area contributed by atoms with E-state index in [0.717, 1.165) is 48.8 Å². The number of aromatic nitrogens is 1. The van der Waals surface area contributed by atoms with Crippen molar-refractivity contribution in [2.75, 3.05) is 6.61 Å². The predicted molar refractivity (Wildman–Crippen MR) is 152 cm³/mol. The Morgan fingerprint density at radius 2 is 1.57 bits per heavy atom. The molecule has 0 aliphatic rings. The van der Waals surface area contributed by atoms with Crippen molar-refractivity contribution < 1.29 is 15.0 Å². The van der Waals surface area contributed by atoms with Gasteiger partial charge in [-0.05, 0) is 96.4 Å². The highest BCUT2D eigenvalue weighted by atomic mass is 16.4. The number of carboxylic acids is 1. The zero-order valence-corrected chi connectivity index (χ0v) is 23.4. The number of aliphatic hydroxyl groups excluding tert-OH is 1. The monoisotopic (exact) mass is 501 g/mol. The molecule has 4 nitrogen and oxygen atoms in total. The van der Waals surface area contributed by atoms with Gasteiger partial charge in [-0.2, -0.15) is 0 Å². The van der Waals surface area contributed by atoms with Gasteiger partial charge in [-0.3, -0.25) is 9.78 Å². The molecule has 1 heterocycles. The van der Waals surface area contributed by atoms with Gasteiger partial charge in [0.1, 0.15) is 0 Å². The van der Waals surface area contributed by atoms with Gasteiger partial charge in [-0.1, -0.05) is 64.1 Å². The number of hydrogen-bond donors (Lipinski definition) is 2. The quantitative estimate of drug-likeness (QED) is 0.270. The molecule has 0 saturated carbocycles. The lowest BCUT2D eigenvalue weighted by Crippen LogP contribution is -2.26. The number of aliphatic hydroxyl groups is 1. The average Bonchev–Trinajstić information content (AvgIpc) is 2.86. The second-order valence-corrected chi connectivity index (χ2v) is 11.3. The maximum absolute atomic E-state index is 11.2. The van der Waals surface area contributed by atoms with Crippen LogP contribution in [0.2, 0.25) is 0 Å². The van der Waals surface area contributed by atoms with E-state index in [9.17, 15) is 9.90 Å². The maximum atomic E-state index is 11.2. The summed E-state index contributed by atoms with van der Waals surface area (Å²) < 4.78 is 0. The van der Waals surface area contributed by atoms with Gasteiger partial charge in [0.25, 0.3) is 0 Å². The molecule has 0 radical (unpaired) electrons. The Hall–Kier alpha value is -2.98. The van der Waals surface area contributed by atoms with Gasteiger partial charge in [0, 0.05) is 30.0 Å². The van der Waals surface area contributed by atoms with Crippen molar-refractivity contribution in [1.29, 1.82) is 0 Å². The molecule has 3 aromatic rings. The molecule has 37 heavy (non-hydrogen) atoms. The average molecular weight is 502 g/mol. The standard InChI is InChI=1S/C33H43NO3/c1-7-33(8-2,28-12-11-26(23(3)16-28)10-9-15-32(5,6)22-35)29-13-14-30(24(4)17-29)27-18-25(19-31(36)37)20-34-21-27/h11-14,16-18,20-21,35H,7-10,15,19,22H2,1-6H3,(H,36,37). The summed E-state index contributed by atoms with van der Waals surface area (Å²) in [6.45, 7) is 13.4. The molecule has 0 fully saturated rings. The summed E-state index contributed by atoms with van der Waals surface area (Å²) in [5.74, 6) is -0.850. The zero-order valence-electron chi connectivity index (χ0n) is 23.4. The first-order valence-electron chi connectivity index (χ1n) is 13.5. The van der Waals surface area contributed by atoms with Crippen LogP contribution in [0.4, 0.5) is 0 Å². The number of benzene rings is 2. The van der Waals surface area contributed by atoms with E-state index >= 15 is 0 Å². The lowest BCUT2D eigenvalue weighted by Gasteiger charge is -2.34. The van der Waals surface area contributed by atoms with Crippen LogP contribution in [-0.4, -0.2) is 27.8 Å². The van der Waals surface area contributed by atoms with E-state index < -0.39 is 5.97 Å². The summed E-state index contributed by atoms with van der Waals surface area (Å²) in [6.07, 6.45) is 8.53. The molecule has 0 spiro atoms. The summed E-state index contributed by atoms with van der Waals surface area (Å²) in [4.78, 5) is 15.4. The van der Waals surface area contributed by atoms with Crippen LogP contribution in [0.15, 0.2) is 54.9 Å². The van der Waals surface area contributed by atoms with Crippen molar-refractivity contribution in [3.05, 3.63) is 88.2 Å². The lowest BCUT2D eigenvalue weighted by molar-refractivity contribution is -0.136. The molecule has 0 bridgehead atoms. The first-order valence-corrected chi connectivity index (χ1v) is 13.5. The fraction of sp³-hybridized carbons (Fsp3) is 0.455. The molecule has 4 heteroatoms. The third-order valence-electron chi connectivity index (χ3n) is 8.07. The number of rotatable bonds is 12. The van der Waals surface area contributed by atoms with E-state index in [1.54, 1.807) is 6.20 Å². The summed E-state index contributed by atoms with van der Waals surface area (Å²) >= 11 is 0. The third-order valence-corrected chi connectivity index (χ3v) is 8.07. The molecule has 0 atom stereocenters. The van der Waals surface area contributed by atoms with Crippen LogP contribution >= 0.6 is 0 Å². The van der Waals surface area contributed by atoms with E-state index in [4.69, 9.17) is 5.11 Å². The van der Waals surface area contributed by atoms with Crippen LogP contribution in [0.25, 0.3) is 11.1 Å². The highest BCUT2D eigenvalue weighted by Crippen LogP contribution is 2.41. The number of pyridine rings is 1. The van der Waals surface area contributed by atoms with E-state index in [1.165, 1.54) is 22.3 Å². The van der Waals surface area contributed by atoms with Gasteiger partial charge in [-0.15, -0.1) is 0 Å². The number of aliphatic carboxylic acids is 1. The molecular formula is C33H43NO3. The lowest BCUT2D eigenvalue weighted by atomic mass is 9.69. The van der Waals surface area contributed by atoms with Crippen molar-refractivity contribution in [2.45, 2.75) is 85.5 Å². The van der Waals surface area contributed by atoms with Gasteiger partial charge in [-0.25, -0.2) is 0 Å². The molecule has 0 aliphatic heterocycles. The van der Waals surface area contributed by atoms with Gasteiger partial charge >= 0.3 is 5.97 Å². The minimum atomic E-state index is -0.850. The zero-order chi connectivity index (χ0) is 27.2. The molecule has 0 saturated heterocycles. The second kappa shape index (κ2) is 12.0. The first-order chi connectivity index (χ1) is 17.5. The largest absolute Gasteiger partial charge is 0.481 e. The Kier molecular flexibility index (Phi) is 9.31. The van der Waals surface area contributed by atoms with Crippen molar-refractivity contribution in [3.63, 3.8) is 0 Å². The van der Waals surface area contributed by atoms with E-state index in [-0.39, 0.29) is 23.9 Å². The van der Waals surface area contributed by atoms with Crippen LogP contribution in [0.3, 0.4) is 0 Å². The molecule has 3 rings (SSSR count). The van der Waals surface area contributed by atoms with Crippen LogP contribution in [0, 0.1) is 19.3 Å². The Morgan fingerprint density at radius 3 is 2.14 bits per heavy atom. The third kappa shape index (κ3) is 6.67. The number of aryl methyl sites for hydroxylation is 3. The molecular weight excluding hydrogens is 458 g/mol. The molecule has 2 aromatic carbocycles. The molecule has 0 amide bonds. The van der Waals surface area contributed by atoms with Crippen molar-refractivity contribution in [2.24, 2.45) is 5.41 Å². The van der Waals surface area contributed by atoms with Gasteiger partial charge in [0.05, 0.1) is 6.42 Å². The van der Waals surface area contributed by atoms with Crippen LogP contribution in [-0.2, 0) is 23.1 Å².